The maximum absolute atomic E-state index is 13.8. The van der Waals surface area contributed by atoms with Crippen LogP contribution in [0.3, 0.4) is 0 Å². The van der Waals surface area contributed by atoms with E-state index < -0.39 is 17.2 Å². The molecule has 2 aliphatic heterocycles. The second-order valence-corrected chi connectivity index (χ2v) is 7.34. The van der Waals surface area contributed by atoms with Gasteiger partial charge in [-0.2, -0.15) is 11.8 Å². The minimum Gasteiger partial charge on any atom is -0.380 e. The third-order valence-electron chi connectivity index (χ3n) is 4.52. The summed E-state index contributed by atoms with van der Waals surface area (Å²) in [7, 11) is 0. The molecule has 2 aliphatic rings. The molecule has 1 aromatic rings. The van der Waals surface area contributed by atoms with Crippen LogP contribution in [0.15, 0.2) is 18.2 Å². The van der Waals surface area contributed by atoms with Crippen molar-refractivity contribution in [3.05, 3.63) is 29.8 Å². The number of nitrogens with zero attached hydrogens (tertiary/aromatic N) is 1. The highest BCUT2D eigenvalue weighted by atomic mass is 32.2. The quantitative estimate of drug-likeness (QED) is 0.881. The lowest BCUT2D eigenvalue weighted by Gasteiger charge is -2.31. The number of thioether (sulfide) groups is 1. The molecule has 0 radical (unpaired) electrons. The van der Waals surface area contributed by atoms with Crippen LogP contribution in [0.2, 0.25) is 0 Å². The van der Waals surface area contributed by atoms with Crippen LogP contribution in [-0.4, -0.2) is 47.3 Å². The first-order valence-electron chi connectivity index (χ1n) is 7.80. The van der Waals surface area contributed by atoms with Crippen molar-refractivity contribution in [2.45, 2.75) is 30.9 Å². The van der Waals surface area contributed by atoms with E-state index in [0.29, 0.717) is 32.4 Å². The Bertz CT molecular complexity index is 573. The zero-order chi connectivity index (χ0) is 16.4. The van der Waals surface area contributed by atoms with Crippen LogP contribution in [0.5, 0.6) is 0 Å². The molecule has 2 saturated heterocycles. The van der Waals surface area contributed by atoms with Crippen molar-refractivity contribution in [1.29, 1.82) is 0 Å². The van der Waals surface area contributed by atoms with Crippen LogP contribution in [-0.2, 0) is 4.79 Å². The Morgan fingerprint density at radius 1 is 1.30 bits per heavy atom. The van der Waals surface area contributed by atoms with E-state index in [2.05, 4.69) is 5.32 Å². The number of aliphatic hydroxyl groups is 1. The number of nitrogens with one attached hydrogen (secondary N) is 1. The van der Waals surface area contributed by atoms with Gasteiger partial charge in [0.15, 0.2) is 0 Å². The molecule has 3 rings (SSSR count). The van der Waals surface area contributed by atoms with Crippen molar-refractivity contribution >= 4 is 23.4 Å². The van der Waals surface area contributed by atoms with Gasteiger partial charge in [0, 0.05) is 19.1 Å². The fourth-order valence-corrected chi connectivity index (χ4v) is 4.30. The van der Waals surface area contributed by atoms with Gasteiger partial charge in [0.05, 0.1) is 0 Å². The molecular formula is C16H20F2N2O2S. The van der Waals surface area contributed by atoms with Crippen molar-refractivity contribution in [3.8, 4) is 0 Å². The first-order valence-corrected chi connectivity index (χ1v) is 8.95. The van der Waals surface area contributed by atoms with E-state index in [1.165, 1.54) is 18.2 Å². The normalized spacial score (nSPS) is 23.8. The lowest BCUT2D eigenvalue weighted by molar-refractivity contribution is -0.141. The molecule has 1 amide bonds. The maximum Gasteiger partial charge on any atom is 0.252 e. The summed E-state index contributed by atoms with van der Waals surface area (Å²) < 4.78 is 27.7. The number of benzene rings is 1. The van der Waals surface area contributed by atoms with Gasteiger partial charge < -0.3 is 15.3 Å². The highest BCUT2D eigenvalue weighted by Gasteiger charge is 2.39. The largest absolute Gasteiger partial charge is 0.380 e. The molecule has 2 N–H and O–H groups in total. The fourth-order valence-electron chi connectivity index (χ4n) is 3.13. The molecule has 0 aromatic heterocycles. The number of para-hydroxylation sites is 1. The van der Waals surface area contributed by atoms with Crippen LogP contribution in [0.1, 0.15) is 19.3 Å². The lowest BCUT2D eigenvalue weighted by Crippen LogP contribution is -2.52. The molecule has 0 saturated carbocycles. The highest BCUT2D eigenvalue weighted by Crippen LogP contribution is 2.29. The minimum atomic E-state index is -1.30. The molecular weight excluding hydrogens is 322 g/mol. The molecule has 0 aliphatic carbocycles. The molecule has 7 heteroatoms. The Kier molecular flexibility index (Phi) is 4.77. The van der Waals surface area contributed by atoms with E-state index >= 15 is 0 Å². The Morgan fingerprint density at radius 3 is 2.61 bits per heavy atom. The first kappa shape index (κ1) is 16.5. The van der Waals surface area contributed by atoms with E-state index in [9.17, 15) is 18.7 Å². The predicted molar refractivity (Wildman–Crippen MR) is 86.6 cm³/mol. The van der Waals surface area contributed by atoms with Gasteiger partial charge in [0.25, 0.3) is 5.91 Å². The third-order valence-corrected chi connectivity index (χ3v) is 5.51. The molecule has 1 aromatic carbocycles. The summed E-state index contributed by atoms with van der Waals surface area (Å²) >= 11 is 1.73. The van der Waals surface area contributed by atoms with Gasteiger partial charge in [-0.15, -0.1) is 0 Å². The predicted octanol–water partition coefficient (Wildman–Crippen LogP) is 1.92. The number of hydrogen-bond acceptors (Lipinski definition) is 4. The Labute approximate surface area is 138 Å². The summed E-state index contributed by atoms with van der Waals surface area (Å²) in [5, 5.41) is 13.3. The molecule has 126 valence electrons. The first-order chi connectivity index (χ1) is 11.0. The van der Waals surface area contributed by atoms with Crippen molar-refractivity contribution in [2.24, 2.45) is 0 Å². The Balaban J connectivity index is 1.63. The Morgan fingerprint density at radius 2 is 1.96 bits per heavy atom. The molecule has 23 heavy (non-hydrogen) atoms. The average Bonchev–Trinajstić information content (AvgIpc) is 2.96. The van der Waals surface area contributed by atoms with Crippen LogP contribution in [0, 0.1) is 11.6 Å². The molecule has 2 heterocycles. The molecule has 4 nitrogen and oxygen atoms in total. The average molecular weight is 342 g/mol. The summed E-state index contributed by atoms with van der Waals surface area (Å²) in [6.45, 7) is 0.811. The number of hydrogen-bond donors (Lipinski definition) is 2. The lowest BCUT2D eigenvalue weighted by atomic mass is 9.95. The summed E-state index contributed by atoms with van der Waals surface area (Å²) in [5.74, 6) is -0.0269. The summed E-state index contributed by atoms with van der Waals surface area (Å²) in [5.41, 5.74) is -1.35. The summed E-state index contributed by atoms with van der Waals surface area (Å²) in [4.78, 5) is 13.9. The van der Waals surface area contributed by atoms with Gasteiger partial charge in [0.2, 0.25) is 0 Å². The number of halogens is 2. The third kappa shape index (κ3) is 3.45. The van der Waals surface area contributed by atoms with Gasteiger partial charge in [-0.25, -0.2) is 8.78 Å². The van der Waals surface area contributed by atoms with E-state index in [1.54, 1.807) is 16.7 Å². The summed E-state index contributed by atoms with van der Waals surface area (Å²) in [6, 6.07) is 3.58. The smallest absolute Gasteiger partial charge is 0.252 e. The minimum absolute atomic E-state index is 0.0444. The van der Waals surface area contributed by atoms with Crippen molar-refractivity contribution in [3.63, 3.8) is 0 Å². The molecule has 2 fully saturated rings. The van der Waals surface area contributed by atoms with Crippen molar-refractivity contribution in [1.82, 2.24) is 5.32 Å². The second-order valence-electron chi connectivity index (χ2n) is 6.12. The maximum atomic E-state index is 13.8. The van der Waals surface area contributed by atoms with Crippen molar-refractivity contribution < 1.29 is 18.7 Å². The van der Waals surface area contributed by atoms with Crippen LogP contribution < -0.4 is 10.2 Å². The standard InChI is InChI=1S/C16H20F2N2O2S/c17-12-2-1-3-13(18)14(12)20-7-4-11(10-20)19-15(21)16(22)5-8-23-9-6-16/h1-3,11,22H,4-10H2,(H,19,21). The SMILES string of the molecule is O=C(NC1CCN(c2c(F)cccc2F)C1)C1(O)CCSCC1. The van der Waals surface area contributed by atoms with Gasteiger partial charge in [-0.3, -0.25) is 4.79 Å². The number of carbonyl (C=O) groups excluding carboxylic acids is 1. The van der Waals surface area contributed by atoms with E-state index in [4.69, 9.17) is 0 Å². The Hall–Kier alpha value is -1.34. The second kappa shape index (κ2) is 6.65. The molecule has 0 spiro atoms. The van der Waals surface area contributed by atoms with E-state index in [1.807, 2.05) is 0 Å². The number of carbonyl (C=O) groups is 1. The topological polar surface area (TPSA) is 52.6 Å². The molecule has 0 bridgehead atoms. The fraction of sp³-hybridized carbons (Fsp3) is 0.562. The number of rotatable bonds is 3. The van der Waals surface area contributed by atoms with Gasteiger partial charge >= 0.3 is 0 Å². The summed E-state index contributed by atoms with van der Waals surface area (Å²) in [6.07, 6.45) is 1.49. The van der Waals surface area contributed by atoms with Crippen molar-refractivity contribution in [2.75, 3.05) is 29.5 Å². The zero-order valence-corrected chi connectivity index (χ0v) is 13.5. The monoisotopic (exact) mass is 342 g/mol. The molecule has 1 atom stereocenters. The van der Waals surface area contributed by atoms with Crippen LogP contribution >= 0.6 is 11.8 Å². The highest BCUT2D eigenvalue weighted by molar-refractivity contribution is 7.99. The molecule has 1 unspecified atom stereocenters. The van der Waals surface area contributed by atoms with Crippen LogP contribution in [0.4, 0.5) is 14.5 Å². The van der Waals surface area contributed by atoms with Gasteiger partial charge in [0.1, 0.15) is 22.9 Å². The zero-order valence-electron chi connectivity index (χ0n) is 12.7. The van der Waals surface area contributed by atoms with Crippen LogP contribution in [0.25, 0.3) is 0 Å². The number of amides is 1. The number of anilines is 1. The van der Waals surface area contributed by atoms with E-state index in [-0.39, 0.29) is 17.6 Å². The van der Waals surface area contributed by atoms with Gasteiger partial charge in [-0.05, 0) is 42.9 Å². The van der Waals surface area contributed by atoms with Gasteiger partial charge in [-0.1, -0.05) is 6.07 Å². The van der Waals surface area contributed by atoms with E-state index in [0.717, 1.165) is 11.5 Å².